The lowest BCUT2D eigenvalue weighted by Crippen LogP contribution is -2.25. The molecule has 6 aromatic carbocycles. The summed E-state index contributed by atoms with van der Waals surface area (Å²) in [7, 11) is 0. The lowest BCUT2D eigenvalue weighted by atomic mass is 9.72. The van der Waals surface area contributed by atoms with Crippen molar-refractivity contribution in [1.29, 1.82) is 0 Å². The van der Waals surface area contributed by atoms with Crippen LogP contribution in [0.2, 0.25) is 0 Å². The minimum absolute atomic E-state index is 0.212. The Labute approximate surface area is 406 Å². The molecule has 6 rings (SSSR count). The van der Waals surface area contributed by atoms with Crippen LogP contribution >= 0.6 is 0 Å². The zero-order valence-electron chi connectivity index (χ0n) is 44.0. The van der Waals surface area contributed by atoms with Crippen molar-refractivity contribution < 1.29 is 10.2 Å². The molecular weight excluding hydrogens is 815 g/mol. The fourth-order valence-corrected chi connectivity index (χ4v) is 9.94. The molecule has 0 aliphatic heterocycles. The van der Waals surface area contributed by atoms with E-state index in [1.165, 1.54) is 50.9 Å². The van der Waals surface area contributed by atoms with Gasteiger partial charge in [0.15, 0.2) is 0 Å². The van der Waals surface area contributed by atoms with E-state index in [-0.39, 0.29) is 21.7 Å². The molecule has 0 saturated carbocycles. The number of phenolic OH excluding ortho intramolecular Hbond substituents is 2. The molecule has 0 aliphatic rings. The molecule has 356 valence electrons. The number of hydrogen-bond donors (Lipinski definition) is 3. The van der Waals surface area contributed by atoms with Crippen molar-refractivity contribution in [2.75, 3.05) is 5.32 Å². The molecule has 0 fully saturated rings. The van der Waals surface area contributed by atoms with Crippen LogP contribution in [0, 0.1) is 11.3 Å². The van der Waals surface area contributed by atoms with Crippen LogP contribution in [0.1, 0.15) is 183 Å². The third-order valence-corrected chi connectivity index (χ3v) is 13.4. The SMILES string of the molecule is CC(Cc1ccc(Cc2ccc(Cc3ccc(Cc4ccc(NCc5cc(C(C)(C)C)c(O)c(C(C)(C)Cc6cc(C(C)(C)C)c(O)c(C(C)(C)C)c6)c5)cc4)cc3)cc2)cc1)CC(C)(C)C. The van der Waals surface area contributed by atoms with Crippen molar-refractivity contribution in [1.82, 2.24) is 0 Å². The third kappa shape index (κ3) is 14.1. The van der Waals surface area contributed by atoms with Gasteiger partial charge in [0.2, 0.25) is 0 Å². The second-order valence-corrected chi connectivity index (χ2v) is 25.0. The maximum absolute atomic E-state index is 11.9. The first-order valence-electron chi connectivity index (χ1n) is 24.9. The van der Waals surface area contributed by atoms with Crippen LogP contribution in [0.25, 0.3) is 0 Å². The summed E-state index contributed by atoms with van der Waals surface area (Å²) in [4.78, 5) is 0. The summed E-state index contributed by atoms with van der Waals surface area (Å²) in [6, 6.07) is 45.0. The Balaban J connectivity index is 1.06. The predicted octanol–water partition coefficient (Wildman–Crippen LogP) is 16.5. The van der Waals surface area contributed by atoms with E-state index in [2.05, 4.69) is 231 Å². The lowest BCUT2D eigenvalue weighted by molar-refractivity contribution is 0.306. The molecule has 0 bridgehead atoms. The van der Waals surface area contributed by atoms with E-state index < -0.39 is 0 Å². The highest BCUT2D eigenvalue weighted by Crippen LogP contribution is 2.44. The zero-order chi connectivity index (χ0) is 49.1. The van der Waals surface area contributed by atoms with Crippen LogP contribution in [0.3, 0.4) is 0 Å². The molecule has 3 nitrogen and oxygen atoms in total. The highest BCUT2D eigenvalue weighted by atomic mass is 16.3. The van der Waals surface area contributed by atoms with Crippen LogP contribution in [0.4, 0.5) is 5.69 Å². The molecule has 0 saturated heterocycles. The molecule has 3 N–H and O–H groups in total. The van der Waals surface area contributed by atoms with Crippen LogP contribution in [-0.2, 0) is 60.3 Å². The van der Waals surface area contributed by atoms with Crippen LogP contribution in [0.5, 0.6) is 11.5 Å². The average Bonchev–Trinajstić information content (AvgIpc) is 3.21. The van der Waals surface area contributed by atoms with Crippen molar-refractivity contribution in [3.05, 3.63) is 194 Å². The van der Waals surface area contributed by atoms with Gasteiger partial charge >= 0.3 is 0 Å². The largest absolute Gasteiger partial charge is 0.507 e. The molecule has 67 heavy (non-hydrogen) atoms. The van der Waals surface area contributed by atoms with Gasteiger partial charge in [0.25, 0.3) is 0 Å². The number of hydrogen-bond acceptors (Lipinski definition) is 3. The fourth-order valence-electron chi connectivity index (χ4n) is 9.94. The minimum Gasteiger partial charge on any atom is -0.507 e. The van der Waals surface area contributed by atoms with Crippen molar-refractivity contribution in [2.45, 2.75) is 171 Å². The van der Waals surface area contributed by atoms with Gasteiger partial charge in [-0.1, -0.05) is 201 Å². The Morgan fingerprint density at radius 3 is 1.07 bits per heavy atom. The molecular formula is C64H83NO2. The van der Waals surface area contributed by atoms with Crippen molar-refractivity contribution in [3.8, 4) is 11.5 Å². The van der Waals surface area contributed by atoms with Gasteiger partial charge in [-0.2, -0.15) is 0 Å². The molecule has 1 atom stereocenters. The quantitative estimate of drug-likeness (QED) is 0.0962. The first kappa shape index (κ1) is 51.1. The predicted molar refractivity (Wildman–Crippen MR) is 287 cm³/mol. The summed E-state index contributed by atoms with van der Waals surface area (Å²) in [6.07, 6.45) is 5.88. The number of phenols is 2. The zero-order valence-corrected chi connectivity index (χ0v) is 44.0. The van der Waals surface area contributed by atoms with Gasteiger partial charge in [-0.3, -0.25) is 0 Å². The van der Waals surface area contributed by atoms with Crippen LogP contribution in [-0.4, -0.2) is 10.2 Å². The van der Waals surface area contributed by atoms with Gasteiger partial charge in [-0.05, 0) is 163 Å². The fraction of sp³-hybridized carbons (Fsp3) is 0.438. The maximum Gasteiger partial charge on any atom is 0.123 e. The highest BCUT2D eigenvalue weighted by Gasteiger charge is 2.32. The van der Waals surface area contributed by atoms with E-state index in [1.807, 2.05) is 0 Å². The van der Waals surface area contributed by atoms with Gasteiger partial charge in [-0.15, -0.1) is 0 Å². The Kier molecular flexibility index (Phi) is 15.4. The number of anilines is 1. The second-order valence-electron chi connectivity index (χ2n) is 25.0. The lowest BCUT2D eigenvalue weighted by Gasteiger charge is -2.33. The normalized spacial score (nSPS) is 13.2. The molecule has 6 aromatic rings. The van der Waals surface area contributed by atoms with Crippen LogP contribution < -0.4 is 5.32 Å². The first-order valence-corrected chi connectivity index (χ1v) is 24.9. The summed E-state index contributed by atoms with van der Waals surface area (Å²) >= 11 is 0. The first-order chi connectivity index (χ1) is 31.1. The minimum atomic E-state index is -0.383. The average molecular weight is 898 g/mol. The molecule has 0 spiro atoms. The molecule has 0 aromatic heterocycles. The Morgan fingerprint density at radius 2 is 0.716 bits per heavy atom. The van der Waals surface area contributed by atoms with Crippen molar-refractivity contribution >= 4 is 5.69 Å². The van der Waals surface area contributed by atoms with Gasteiger partial charge in [-0.25, -0.2) is 0 Å². The number of benzene rings is 6. The second kappa shape index (κ2) is 20.1. The van der Waals surface area contributed by atoms with E-state index in [4.69, 9.17) is 0 Å². The van der Waals surface area contributed by atoms with Gasteiger partial charge < -0.3 is 15.5 Å². The van der Waals surface area contributed by atoms with Crippen molar-refractivity contribution in [3.63, 3.8) is 0 Å². The molecule has 0 amide bonds. The summed E-state index contributed by atoms with van der Waals surface area (Å²) < 4.78 is 0. The molecule has 0 aliphatic carbocycles. The van der Waals surface area contributed by atoms with Crippen LogP contribution in [0.15, 0.2) is 121 Å². The Hall–Kier alpha value is -5.28. The van der Waals surface area contributed by atoms with E-state index in [9.17, 15) is 10.2 Å². The monoisotopic (exact) mass is 898 g/mol. The number of nitrogens with one attached hydrogen (secondary N) is 1. The molecule has 3 heteroatoms. The summed E-state index contributed by atoms with van der Waals surface area (Å²) in [5.41, 5.74) is 15.9. The molecule has 0 radical (unpaired) electrons. The smallest absolute Gasteiger partial charge is 0.123 e. The summed E-state index contributed by atoms with van der Waals surface area (Å²) in [5, 5.41) is 27.0. The van der Waals surface area contributed by atoms with Crippen molar-refractivity contribution in [2.24, 2.45) is 11.3 Å². The highest BCUT2D eigenvalue weighted by molar-refractivity contribution is 5.54. The summed E-state index contributed by atoms with van der Waals surface area (Å²) in [5.74, 6) is 1.46. The van der Waals surface area contributed by atoms with Gasteiger partial charge in [0, 0.05) is 17.8 Å². The molecule has 0 heterocycles. The van der Waals surface area contributed by atoms with E-state index >= 15 is 0 Å². The van der Waals surface area contributed by atoms with Gasteiger partial charge in [0.1, 0.15) is 11.5 Å². The van der Waals surface area contributed by atoms with E-state index in [0.29, 0.717) is 29.4 Å². The number of rotatable bonds is 15. The van der Waals surface area contributed by atoms with Gasteiger partial charge in [0.05, 0.1) is 0 Å². The third-order valence-electron chi connectivity index (χ3n) is 13.4. The standard InChI is InChI=1S/C64H83NO2/c1-43(40-60(2,3)4)32-44-16-18-45(19-17-44)33-46-20-22-47(23-21-46)34-48-24-26-49(27-25-48)35-50-28-30-53(31-29-50)65-42-52-38-56(63(11,12)13)59(67)57(39-52)64(14,15)41-51-36-54(61(5,6)7)58(66)55(37-51)62(8,9)10/h16-31,36-39,43,65-67H,32-35,40-42H2,1-15H3. The Bertz CT molecular complexity index is 2530. The van der Waals surface area contributed by atoms with E-state index in [0.717, 1.165) is 65.6 Å². The maximum atomic E-state index is 11.9. The summed E-state index contributed by atoms with van der Waals surface area (Å²) in [6.45, 7) is 33.9. The topological polar surface area (TPSA) is 52.5 Å². The number of aromatic hydroxyl groups is 2. The van der Waals surface area contributed by atoms with E-state index in [1.54, 1.807) is 0 Å². The molecule has 1 unspecified atom stereocenters. The Morgan fingerprint density at radius 1 is 0.403 bits per heavy atom.